The summed E-state index contributed by atoms with van der Waals surface area (Å²) in [6, 6.07) is 6.29. The zero-order valence-corrected chi connectivity index (χ0v) is 11.5. The molecule has 0 saturated carbocycles. The first-order chi connectivity index (χ1) is 8.61. The molecule has 2 unspecified atom stereocenters. The van der Waals surface area contributed by atoms with Crippen LogP contribution in [0.2, 0.25) is 0 Å². The summed E-state index contributed by atoms with van der Waals surface area (Å²) in [5, 5.41) is 10.1. The van der Waals surface area contributed by atoms with Gasteiger partial charge in [-0.1, -0.05) is 19.1 Å². The molecule has 1 aromatic carbocycles. The minimum atomic E-state index is 0.283. The Labute approximate surface area is 109 Å². The molecule has 1 N–H and O–H groups in total. The molecule has 18 heavy (non-hydrogen) atoms. The Bertz CT molecular complexity index is 405. The molecule has 1 aliphatic rings. The van der Waals surface area contributed by atoms with Crippen LogP contribution in [0, 0.1) is 5.92 Å². The van der Waals surface area contributed by atoms with Gasteiger partial charge < -0.3 is 9.84 Å². The maximum atomic E-state index is 10.1. The first kappa shape index (κ1) is 13.2. The number of ether oxygens (including phenoxy) is 1. The summed E-state index contributed by atoms with van der Waals surface area (Å²) in [7, 11) is 1.59. The van der Waals surface area contributed by atoms with Gasteiger partial charge in [0.05, 0.1) is 7.11 Å². The van der Waals surface area contributed by atoms with Crippen LogP contribution < -0.4 is 4.74 Å². The number of hydrogen-bond acceptors (Lipinski definition) is 3. The third-order valence-electron chi connectivity index (χ3n) is 3.92. The molecule has 2 rings (SSSR count). The zero-order chi connectivity index (χ0) is 13.1. The quantitative estimate of drug-likeness (QED) is 0.893. The lowest BCUT2D eigenvalue weighted by atomic mass is 9.94. The van der Waals surface area contributed by atoms with Crippen LogP contribution in [-0.4, -0.2) is 29.7 Å². The maximum Gasteiger partial charge on any atom is 0.162 e. The highest BCUT2D eigenvalue weighted by Gasteiger charge is 2.23. The lowest BCUT2D eigenvalue weighted by Gasteiger charge is -2.36. The van der Waals surface area contributed by atoms with Crippen molar-refractivity contribution in [1.29, 1.82) is 0 Å². The molecule has 0 bridgehead atoms. The predicted octanol–water partition coefficient (Wildman–Crippen LogP) is 3.02. The Kier molecular flexibility index (Phi) is 4.12. The fourth-order valence-electron chi connectivity index (χ4n) is 2.68. The highest BCUT2D eigenvalue weighted by atomic mass is 16.5. The van der Waals surface area contributed by atoms with Crippen LogP contribution in [0.4, 0.5) is 0 Å². The van der Waals surface area contributed by atoms with E-state index in [1.165, 1.54) is 12.8 Å². The summed E-state index contributed by atoms with van der Waals surface area (Å²) in [5.41, 5.74) is 0.954. The second kappa shape index (κ2) is 5.61. The maximum absolute atomic E-state index is 10.1. The van der Waals surface area contributed by atoms with Gasteiger partial charge in [0, 0.05) is 24.7 Å². The van der Waals surface area contributed by atoms with Crippen LogP contribution in [0.3, 0.4) is 0 Å². The van der Waals surface area contributed by atoms with Crippen molar-refractivity contribution in [2.24, 2.45) is 5.92 Å². The molecule has 1 fully saturated rings. The van der Waals surface area contributed by atoms with E-state index in [9.17, 15) is 5.11 Å². The first-order valence-electron chi connectivity index (χ1n) is 6.70. The fraction of sp³-hybridized carbons (Fsp3) is 0.600. The van der Waals surface area contributed by atoms with Gasteiger partial charge >= 0.3 is 0 Å². The average Bonchev–Trinajstić information content (AvgIpc) is 2.36. The van der Waals surface area contributed by atoms with Gasteiger partial charge in [-0.25, -0.2) is 0 Å². The Balaban J connectivity index is 2.13. The number of piperidine rings is 1. The van der Waals surface area contributed by atoms with Gasteiger partial charge in [-0.15, -0.1) is 0 Å². The molecule has 0 radical (unpaired) electrons. The van der Waals surface area contributed by atoms with Gasteiger partial charge in [0.25, 0.3) is 0 Å². The number of phenols is 1. The number of hydrogen-bond donors (Lipinski definition) is 1. The highest BCUT2D eigenvalue weighted by Crippen LogP contribution is 2.32. The number of benzene rings is 1. The molecule has 1 saturated heterocycles. The topological polar surface area (TPSA) is 32.7 Å². The summed E-state index contributed by atoms with van der Waals surface area (Å²) in [4.78, 5) is 2.45. The van der Waals surface area contributed by atoms with Crippen LogP contribution >= 0.6 is 0 Å². The smallest absolute Gasteiger partial charge is 0.162 e. The number of phenolic OH excluding ortho intramolecular Hbond substituents is 1. The standard InChI is InChI=1S/C15H23NO2/c1-11-7-8-12(2)16(9-11)10-13-5-4-6-14(18-3)15(13)17/h4-6,11-12,17H,7-10H2,1-3H3. The van der Waals surface area contributed by atoms with E-state index in [0.717, 1.165) is 24.6 Å². The SMILES string of the molecule is COc1cccc(CN2CC(C)CCC2C)c1O. The molecule has 3 heteroatoms. The van der Waals surface area contributed by atoms with E-state index in [2.05, 4.69) is 18.7 Å². The summed E-state index contributed by atoms with van der Waals surface area (Å²) < 4.78 is 5.15. The van der Waals surface area contributed by atoms with Crippen LogP contribution in [0.1, 0.15) is 32.3 Å². The van der Waals surface area contributed by atoms with Crippen molar-refractivity contribution in [2.75, 3.05) is 13.7 Å². The molecule has 100 valence electrons. The van der Waals surface area contributed by atoms with Gasteiger partial charge in [0.2, 0.25) is 0 Å². The third kappa shape index (κ3) is 2.78. The minimum Gasteiger partial charge on any atom is -0.504 e. The molecule has 0 aliphatic carbocycles. The van der Waals surface area contributed by atoms with E-state index in [-0.39, 0.29) is 5.75 Å². The van der Waals surface area contributed by atoms with Gasteiger partial charge in [0.15, 0.2) is 11.5 Å². The largest absolute Gasteiger partial charge is 0.504 e. The Morgan fingerprint density at radius 3 is 2.83 bits per heavy atom. The summed E-state index contributed by atoms with van der Waals surface area (Å²) in [6.45, 7) is 6.47. The van der Waals surface area contributed by atoms with Crippen molar-refractivity contribution in [2.45, 2.75) is 39.3 Å². The number of para-hydroxylation sites is 1. The molecule has 1 heterocycles. The van der Waals surface area contributed by atoms with E-state index in [1.807, 2.05) is 12.1 Å². The molecule has 0 aromatic heterocycles. The van der Waals surface area contributed by atoms with Crippen molar-refractivity contribution >= 4 is 0 Å². The molecule has 0 spiro atoms. The number of rotatable bonds is 3. The number of nitrogens with zero attached hydrogens (tertiary/aromatic N) is 1. The van der Waals surface area contributed by atoms with Gasteiger partial charge in [0.1, 0.15) is 0 Å². The van der Waals surface area contributed by atoms with Crippen LogP contribution in [0.5, 0.6) is 11.5 Å². The predicted molar refractivity (Wildman–Crippen MR) is 72.9 cm³/mol. The van der Waals surface area contributed by atoms with E-state index in [4.69, 9.17) is 4.74 Å². The lowest BCUT2D eigenvalue weighted by Crippen LogP contribution is -2.40. The molecule has 2 atom stereocenters. The van der Waals surface area contributed by atoms with E-state index in [0.29, 0.717) is 11.8 Å². The van der Waals surface area contributed by atoms with Crippen molar-refractivity contribution in [3.63, 3.8) is 0 Å². The van der Waals surface area contributed by atoms with Crippen LogP contribution in [0.15, 0.2) is 18.2 Å². The Morgan fingerprint density at radius 2 is 2.11 bits per heavy atom. The monoisotopic (exact) mass is 249 g/mol. The minimum absolute atomic E-state index is 0.283. The normalized spacial score (nSPS) is 25.1. The Hall–Kier alpha value is -1.22. The Morgan fingerprint density at radius 1 is 1.33 bits per heavy atom. The average molecular weight is 249 g/mol. The molecule has 1 aliphatic heterocycles. The van der Waals surface area contributed by atoms with Crippen molar-refractivity contribution in [1.82, 2.24) is 4.90 Å². The molecular formula is C15H23NO2. The van der Waals surface area contributed by atoms with Crippen molar-refractivity contribution in [3.05, 3.63) is 23.8 Å². The lowest BCUT2D eigenvalue weighted by molar-refractivity contribution is 0.116. The molecule has 0 amide bonds. The van der Waals surface area contributed by atoms with E-state index < -0.39 is 0 Å². The van der Waals surface area contributed by atoms with Crippen LogP contribution in [-0.2, 0) is 6.54 Å². The summed E-state index contributed by atoms with van der Waals surface area (Å²) in [5.74, 6) is 1.59. The summed E-state index contributed by atoms with van der Waals surface area (Å²) in [6.07, 6.45) is 2.55. The first-order valence-corrected chi connectivity index (χ1v) is 6.70. The van der Waals surface area contributed by atoms with Crippen LogP contribution in [0.25, 0.3) is 0 Å². The van der Waals surface area contributed by atoms with E-state index in [1.54, 1.807) is 13.2 Å². The molecule has 1 aromatic rings. The number of methoxy groups -OCH3 is 1. The number of aromatic hydroxyl groups is 1. The van der Waals surface area contributed by atoms with Gasteiger partial charge in [-0.2, -0.15) is 0 Å². The fourth-order valence-corrected chi connectivity index (χ4v) is 2.68. The third-order valence-corrected chi connectivity index (χ3v) is 3.92. The second-order valence-electron chi connectivity index (χ2n) is 5.43. The van der Waals surface area contributed by atoms with E-state index >= 15 is 0 Å². The second-order valence-corrected chi connectivity index (χ2v) is 5.43. The van der Waals surface area contributed by atoms with Crippen molar-refractivity contribution in [3.8, 4) is 11.5 Å². The van der Waals surface area contributed by atoms with Gasteiger partial charge in [-0.3, -0.25) is 4.90 Å². The highest BCUT2D eigenvalue weighted by molar-refractivity contribution is 5.45. The summed E-state index contributed by atoms with van der Waals surface area (Å²) >= 11 is 0. The van der Waals surface area contributed by atoms with Crippen molar-refractivity contribution < 1.29 is 9.84 Å². The zero-order valence-electron chi connectivity index (χ0n) is 11.5. The molecular weight excluding hydrogens is 226 g/mol. The van der Waals surface area contributed by atoms with Gasteiger partial charge in [-0.05, 0) is 31.7 Å². The number of likely N-dealkylation sites (tertiary alicyclic amines) is 1. The molecule has 3 nitrogen and oxygen atoms in total.